The number of unbranched alkanes of at least 4 members (excludes halogenated alkanes) is 2. The van der Waals surface area contributed by atoms with Crippen LogP contribution < -0.4 is 5.32 Å². The molecule has 15 heavy (non-hydrogen) atoms. The summed E-state index contributed by atoms with van der Waals surface area (Å²) in [4.78, 5) is 11.3. The maximum absolute atomic E-state index is 11.3. The van der Waals surface area contributed by atoms with Crippen molar-refractivity contribution in [2.75, 3.05) is 0 Å². The molecule has 1 amide bonds. The Balaban J connectivity index is 3.35. The molecule has 88 valence electrons. The van der Waals surface area contributed by atoms with Gasteiger partial charge in [0.15, 0.2) is 0 Å². The minimum atomic E-state index is 0.179. The molecule has 0 fully saturated rings. The number of carbonyl (C=O) groups excluding carboxylic acids is 1. The Morgan fingerprint density at radius 2 is 1.87 bits per heavy atom. The molecule has 0 heterocycles. The average Bonchev–Trinajstić information content (AvgIpc) is 2.09. The van der Waals surface area contributed by atoms with E-state index in [1.807, 2.05) is 13.8 Å². The Hall–Kier alpha value is -0.790. The predicted molar refractivity (Wildman–Crippen MR) is 65.7 cm³/mol. The summed E-state index contributed by atoms with van der Waals surface area (Å²) < 4.78 is 0. The minimum Gasteiger partial charge on any atom is -0.354 e. The van der Waals surface area contributed by atoms with Gasteiger partial charge in [0.05, 0.1) is 0 Å². The molecule has 0 aliphatic heterocycles. The zero-order chi connectivity index (χ0) is 11.7. The zero-order valence-electron chi connectivity index (χ0n) is 10.5. The quantitative estimate of drug-likeness (QED) is 0.508. The number of carbonyl (C=O) groups is 1. The molecule has 0 saturated heterocycles. The molecular formula is C13H25NO. The molecule has 0 unspecified atom stereocenters. The second-order valence-electron chi connectivity index (χ2n) is 4.64. The van der Waals surface area contributed by atoms with E-state index in [9.17, 15) is 4.79 Å². The van der Waals surface area contributed by atoms with Gasteiger partial charge in [-0.25, -0.2) is 0 Å². The van der Waals surface area contributed by atoms with Crippen molar-refractivity contribution < 1.29 is 4.79 Å². The van der Waals surface area contributed by atoms with E-state index < -0.39 is 0 Å². The van der Waals surface area contributed by atoms with Crippen LogP contribution in [0.25, 0.3) is 0 Å². The largest absolute Gasteiger partial charge is 0.354 e. The van der Waals surface area contributed by atoms with E-state index in [0.29, 0.717) is 12.3 Å². The van der Waals surface area contributed by atoms with E-state index in [-0.39, 0.29) is 11.9 Å². The zero-order valence-corrected chi connectivity index (χ0v) is 10.5. The van der Waals surface area contributed by atoms with Crippen LogP contribution in [0.2, 0.25) is 0 Å². The standard InChI is InChI=1S/C13H25NO/c1-11(2)9-7-5-6-8-10-13(15)14-12(3)4/h7,9,11-12H,5-6,8,10H2,1-4H3,(H,14,15)/b9-7+. The summed E-state index contributed by atoms with van der Waals surface area (Å²) in [7, 11) is 0. The first-order valence-electron chi connectivity index (χ1n) is 5.98. The molecule has 0 aromatic heterocycles. The first kappa shape index (κ1) is 14.2. The van der Waals surface area contributed by atoms with Gasteiger partial charge in [0, 0.05) is 12.5 Å². The highest BCUT2D eigenvalue weighted by molar-refractivity contribution is 5.76. The Kier molecular flexibility index (Phi) is 8.06. The number of hydrogen-bond donors (Lipinski definition) is 1. The van der Waals surface area contributed by atoms with Gasteiger partial charge in [-0.3, -0.25) is 4.79 Å². The number of amides is 1. The third kappa shape index (κ3) is 11.1. The molecule has 2 nitrogen and oxygen atoms in total. The van der Waals surface area contributed by atoms with Crippen LogP contribution in [0, 0.1) is 5.92 Å². The van der Waals surface area contributed by atoms with Crippen LogP contribution in [-0.2, 0) is 4.79 Å². The maximum Gasteiger partial charge on any atom is 0.220 e. The van der Waals surface area contributed by atoms with Crippen LogP contribution in [0.4, 0.5) is 0 Å². The summed E-state index contributed by atoms with van der Waals surface area (Å²) in [5, 5.41) is 2.89. The van der Waals surface area contributed by atoms with E-state index in [1.54, 1.807) is 0 Å². The Bertz CT molecular complexity index is 195. The highest BCUT2D eigenvalue weighted by atomic mass is 16.1. The Morgan fingerprint density at radius 1 is 1.20 bits per heavy atom. The monoisotopic (exact) mass is 211 g/mol. The minimum absolute atomic E-state index is 0.179. The van der Waals surface area contributed by atoms with Crippen LogP contribution in [0.5, 0.6) is 0 Å². The number of allylic oxidation sites excluding steroid dienone is 2. The Morgan fingerprint density at radius 3 is 2.40 bits per heavy atom. The van der Waals surface area contributed by atoms with Gasteiger partial charge in [-0.1, -0.05) is 26.0 Å². The smallest absolute Gasteiger partial charge is 0.220 e. The van der Waals surface area contributed by atoms with Gasteiger partial charge in [0.2, 0.25) is 5.91 Å². The highest BCUT2D eigenvalue weighted by Crippen LogP contribution is 2.03. The molecule has 0 aromatic rings. The van der Waals surface area contributed by atoms with Gasteiger partial charge in [0.25, 0.3) is 0 Å². The fourth-order valence-electron chi connectivity index (χ4n) is 1.31. The van der Waals surface area contributed by atoms with Crippen LogP contribution in [0.15, 0.2) is 12.2 Å². The summed E-state index contributed by atoms with van der Waals surface area (Å²) in [6.07, 6.45) is 8.27. The first-order chi connectivity index (χ1) is 7.02. The van der Waals surface area contributed by atoms with Gasteiger partial charge in [-0.2, -0.15) is 0 Å². The fourth-order valence-corrected chi connectivity index (χ4v) is 1.31. The van der Waals surface area contributed by atoms with Crippen molar-refractivity contribution >= 4 is 5.91 Å². The Labute approximate surface area is 94.1 Å². The molecule has 0 bridgehead atoms. The normalized spacial score (nSPS) is 11.6. The van der Waals surface area contributed by atoms with Crippen LogP contribution in [-0.4, -0.2) is 11.9 Å². The summed E-state index contributed by atoms with van der Waals surface area (Å²) >= 11 is 0. The van der Waals surface area contributed by atoms with Crippen molar-refractivity contribution in [3.8, 4) is 0 Å². The van der Waals surface area contributed by atoms with Gasteiger partial charge < -0.3 is 5.32 Å². The molecule has 0 aliphatic carbocycles. The van der Waals surface area contributed by atoms with Crippen LogP contribution in [0.1, 0.15) is 53.4 Å². The lowest BCUT2D eigenvalue weighted by Crippen LogP contribution is -2.29. The number of hydrogen-bond acceptors (Lipinski definition) is 1. The summed E-state index contributed by atoms with van der Waals surface area (Å²) in [5.74, 6) is 0.812. The van der Waals surface area contributed by atoms with Crippen LogP contribution >= 0.6 is 0 Å². The van der Waals surface area contributed by atoms with Crippen LogP contribution in [0.3, 0.4) is 0 Å². The first-order valence-corrected chi connectivity index (χ1v) is 5.98. The fraction of sp³-hybridized carbons (Fsp3) is 0.769. The van der Waals surface area contributed by atoms with Gasteiger partial charge in [-0.15, -0.1) is 0 Å². The van der Waals surface area contributed by atoms with E-state index in [2.05, 4.69) is 31.3 Å². The lowest BCUT2D eigenvalue weighted by Gasteiger charge is -2.07. The predicted octanol–water partition coefficient (Wildman–Crippen LogP) is 3.28. The average molecular weight is 211 g/mol. The van der Waals surface area contributed by atoms with Gasteiger partial charge >= 0.3 is 0 Å². The highest BCUT2D eigenvalue weighted by Gasteiger charge is 2.01. The second kappa shape index (κ2) is 8.51. The topological polar surface area (TPSA) is 29.1 Å². The molecule has 0 spiro atoms. The van der Waals surface area contributed by atoms with E-state index in [4.69, 9.17) is 0 Å². The molecule has 0 radical (unpaired) electrons. The lowest BCUT2D eigenvalue weighted by atomic mass is 10.1. The van der Waals surface area contributed by atoms with Crippen molar-refractivity contribution in [2.45, 2.75) is 59.4 Å². The van der Waals surface area contributed by atoms with Crippen molar-refractivity contribution in [3.63, 3.8) is 0 Å². The van der Waals surface area contributed by atoms with Crippen molar-refractivity contribution in [3.05, 3.63) is 12.2 Å². The third-order valence-corrected chi connectivity index (χ3v) is 2.00. The molecule has 0 saturated carbocycles. The molecule has 1 N–H and O–H groups in total. The molecule has 0 rings (SSSR count). The molecule has 0 aliphatic rings. The molecule has 0 atom stereocenters. The van der Waals surface area contributed by atoms with E-state index >= 15 is 0 Å². The van der Waals surface area contributed by atoms with Crippen molar-refractivity contribution in [1.82, 2.24) is 5.32 Å². The third-order valence-electron chi connectivity index (χ3n) is 2.00. The van der Waals surface area contributed by atoms with E-state index in [0.717, 1.165) is 19.3 Å². The van der Waals surface area contributed by atoms with Crippen molar-refractivity contribution in [2.24, 2.45) is 5.92 Å². The number of nitrogens with one attached hydrogen (secondary N) is 1. The maximum atomic E-state index is 11.3. The second-order valence-corrected chi connectivity index (χ2v) is 4.64. The summed E-state index contributed by atoms with van der Waals surface area (Å²) in [6, 6.07) is 0.262. The molecule has 0 aromatic carbocycles. The van der Waals surface area contributed by atoms with Crippen molar-refractivity contribution in [1.29, 1.82) is 0 Å². The molecular weight excluding hydrogens is 186 g/mol. The number of rotatable bonds is 7. The SMILES string of the molecule is CC(C)/C=C/CCCCC(=O)NC(C)C. The summed E-state index contributed by atoms with van der Waals surface area (Å²) in [5.41, 5.74) is 0. The lowest BCUT2D eigenvalue weighted by molar-refractivity contribution is -0.121. The van der Waals surface area contributed by atoms with Gasteiger partial charge in [-0.05, 0) is 39.0 Å². The molecule has 2 heteroatoms. The van der Waals surface area contributed by atoms with E-state index in [1.165, 1.54) is 0 Å². The van der Waals surface area contributed by atoms with Gasteiger partial charge in [0.1, 0.15) is 0 Å². The summed E-state index contributed by atoms with van der Waals surface area (Å²) in [6.45, 7) is 8.33.